The van der Waals surface area contributed by atoms with Crippen LogP contribution in [0.3, 0.4) is 0 Å². The number of carbonyl (C=O) groups is 3. The number of aryl methyl sites for hydroxylation is 1. The number of amides is 2. The van der Waals surface area contributed by atoms with Gasteiger partial charge in [-0.2, -0.15) is 0 Å². The Morgan fingerprint density at radius 2 is 1.90 bits per heavy atom. The SMILES string of the molecule is Cc1ccc(/C=C/C(=O)N[C@H](CC(N)=O)C(=O)O)cc1. The standard InChI is InChI=1S/C14H16N2O4/c1-9-2-4-10(5-3-9)6-7-13(18)16-11(14(19)20)8-12(15)17/h2-7,11H,8H2,1H3,(H2,15,17)(H,16,18)(H,19,20)/b7-6+/t11-/m1/s1. The van der Waals surface area contributed by atoms with Crippen LogP contribution in [0.2, 0.25) is 0 Å². The minimum Gasteiger partial charge on any atom is -0.480 e. The van der Waals surface area contributed by atoms with Gasteiger partial charge in [0.25, 0.3) is 0 Å². The summed E-state index contributed by atoms with van der Waals surface area (Å²) in [5.41, 5.74) is 6.82. The number of primary amides is 1. The highest BCUT2D eigenvalue weighted by molar-refractivity contribution is 5.95. The van der Waals surface area contributed by atoms with Crippen LogP contribution < -0.4 is 11.1 Å². The minimum absolute atomic E-state index is 0.445. The van der Waals surface area contributed by atoms with Crippen molar-refractivity contribution in [2.45, 2.75) is 19.4 Å². The van der Waals surface area contributed by atoms with E-state index in [1.807, 2.05) is 31.2 Å². The van der Waals surface area contributed by atoms with Crippen LogP contribution in [0.25, 0.3) is 6.08 Å². The predicted molar refractivity (Wildman–Crippen MR) is 73.6 cm³/mol. The minimum atomic E-state index is -1.32. The molecule has 1 aromatic rings. The van der Waals surface area contributed by atoms with Gasteiger partial charge in [0.2, 0.25) is 11.8 Å². The van der Waals surface area contributed by atoms with E-state index >= 15 is 0 Å². The number of carboxylic acid groups (broad SMARTS) is 1. The van der Waals surface area contributed by atoms with Gasteiger partial charge in [-0.1, -0.05) is 29.8 Å². The maximum absolute atomic E-state index is 11.6. The fourth-order valence-corrected chi connectivity index (χ4v) is 1.47. The lowest BCUT2D eigenvalue weighted by molar-refractivity contribution is -0.142. The van der Waals surface area contributed by atoms with E-state index in [1.54, 1.807) is 6.08 Å². The highest BCUT2D eigenvalue weighted by atomic mass is 16.4. The van der Waals surface area contributed by atoms with Crippen LogP contribution in [-0.4, -0.2) is 28.9 Å². The lowest BCUT2D eigenvalue weighted by Gasteiger charge is -2.10. The Kier molecular flexibility index (Phi) is 5.46. The first kappa shape index (κ1) is 15.4. The second kappa shape index (κ2) is 7.08. The Labute approximate surface area is 116 Å². The summed E-state index contributed by atoms with van der Waals surface area (Å²) in [5, 5.41) is 11.0. The Morgan fingerprint density at radius 3 is 2.40 bits per heavy atom. The highest BCUT2D eigenvalue weighted by Gasteiger charge is 2.20. The second-order valence-corrected chi connectivity index (χ2v) is 4.31. The molecule has 0 saturated carbocycles. The van der Waals surface area contributed by atoms with Gasteiger partial charge in [0.05, 0.1) is 6.42 Å². The van der Waals surface area contributed by atoms with E-state index in [0.29, 0.717) is 0 Å². The van der Waals surface area contributed by atoms with Gasteiger partial charge in [-0.05, 0) is 18.6 Å². The summed E-state index contributed by atoms with van der Waals surface area (Å²) in [6.07, 6.45) is 2.32. The maximum Gasteiger partial charge on any atom is 0.326 e. The second-order valence-electron chi connectivity index (χ2n) is 4.31. The molecular formula is C14H16N2O4. The average Bonchev–Trinajstić information content (AvgIpc) is 2.36. The molecule has 0 saturated heterocycles. The number of benzene rings is 1. The lowest BCUT2D eigenvalue weighted by Crippen LogP contribution is -2.42. The van der Waals surface area contributed by atoms with E-state index in [-0.39, 0.29) is 0 Å². The Balaban J connectivity index is 2.63. The molecule has 0 unspecified atom stereocenters. The third kappa shape index (κ3) is 5.34. The van der Waals surface area contributed by atoms with Crippen LogP contribution in [0.4, 0.5) is 0 Å². The molecule has 0 aliphatic rings. The molecule has 0 aromatic heterocycles. The third-order valence-corrected chi connectivity index (χ3v) is 2.52. The summed E-state index contributed by atoms with van der Waals surface area (Å²) in [6, 6.07) is 6.13. The van der Waals surface area contributed by atoms with Crippen LogP contribution >= 0.6 is 0 Å². The Bertz CT molecular complexity index is 535. The number of aliphatic carboxylic acids is 1. The molecule has 6 nitrogen and oxygen atoms in total. The molecule has 6 heteroatoms. The van der Waals surface area contributed by atoms with Crippen LogP contribution in [-0.2, 0) is 14.4 Å². The molecule has 20 heavy (non-hydrogen) atoms. The van der Waals surface area contributed by atoms with E-state index in [0.717, 1.165) is 11.1 Å². The number of hydrogen-bond donors (Lipinski definition) is 3. The van der Waals surface area contributed by atoms with Crippen LogP contribution in [0.1, 0.15) is 17.5 Å². The quantitative estimate of drug-likeness (QED) is 0.655. The molecule has 0 aliphatic carbocycles. The van der Waals surface area contributed by atoms with Crippen molar-refractivity contribution >= 4 is 23.9 Å². The summed E-state index contributed by atoms with van der Waals surface area (Å²) in [5.74, 6) is -2.69. The summed E-state index contributed by atoms with van der Waals surface area (Å²) in [6.45, 7) is 1.95. The van der Waals surface area contributed by atoms with Crippen molar-refractivity contribution < 1.29 is 19.5 Å². The zero-order valence-electron chi connectivity index (χ0n) is 11.0. The van der Waals surface area contributed by atoms with E-state index in [2.05, 4.69) is 5.32 Å². The van der Waals surface area contributed by atoms with Gasteiger partial charge in [-0.3, -0.25) is 9.59 Å². The largest absolute Gasteiger partial charge is 0.480 e. The predicted octanol–water partition coefficient (Wildman–Crippen LogP) is 0.453. The lowest BCUT2D eigenvalue weighted by atomic mass is 10.1. The summed E-state index contributed by atoms with van der Waals surface area (Å²) >= 11 is 0. The van der Waals surface area contributed by atoms with Crippen LogP contribution in [0, 0.1) is 6.92 Å². The molecular weight excluding hydrogens is 260 g/mol. The van der Waals surface area contributed by atoms with Crippen molar-refractivity contribution in [1.82, 2.24) is 5.32 Å². The van der Waals surface area contributed by atoms with Gasteiger partial charge in [-0.25, -0.2) is 4.79 Å². The van der Waals surface area contributed by atoms with Crippen molar-refractivity contribution in [3.63, 3.8) is 0 Å². The van der Waals surface area contributed by atoms with Gasteiger partial charge in [-0.15, -0.1) is 0 Å². The highest BCUT2D eigenvalue weighted by Crippen LogP contribution is 2.04. The van der Waals surface area contributed by atoms with Gasteiger partial charge in [0, 0.05) is 6.08 Å². The smallest absolute Gasteiger partial charge is 0.326 e. The Hall–Kier alpha value is -2.63. The fourth-order valence-electron chi connectivity index (χ4n) is 1.47. The maximum atomic E-state index is 11.6. The zero-order chi connectivity index (χ0) is 15.1. The number of carboxylic acids is 1. The molecule has 0 heterocycles. The number of hydrogen-bond acceptors (Lipinski definition) is 3. The third-order valence-electron chi connectivity index (χ3n) is 2.52. The molecule has 0 spiro atoms. The van der Waals surface area contributed by atoms with E-state index < -0.39 is 30.2 Å². The molecule has 4 N–H and O–H groups in total. The summed E-state index contributed by atoms with van der Waals surface area (Å²) in [4.78, 5) is 33.1. The molecule has 0 aliphatic heterocycles. The number of nitrogens with one attached hydrogen (secondary N) is 1. The molecule has 0 fully saturated rings. The van der Waals surface area contributed by atoms with Crippen molar-refractivity contribution in [1.29, 1.82) is 0 Å². The van der Waals surface area contributed by atoms with Crippen LogP contribution in [0.15, 0.2) is 30.3 Å². The van der Waals surface area contributed by atoms with Gasteiger partial charge in [0.15, 0.2) is 0 Å². The van der Waals surface area contributed by atoms with Crippen molar-refractivity contribution in [3.05, 3.63) is 41.5 Å². The summed E-state index contributed by atoms with van der Waals surface area (Å²) < 4.78 is 0. The molecule has 106 valence electrons. The molecule has 0 bridgehead atoms. The van der Waals surface area contributed by atoms with Crippen molar-refractivity contribution in [3.8, 4) is 0 Å². The van der Waals surface area contributed by atoms with Gasteiger partial charge in [0.1, 0.15) is 6.04 Å². The number of rotatable bonds is 6. The molecule has 0 radical (unpaired) electrons. The number of nitrogens with two attached hydrogens (primary N) is 1. The molecule has 1 rings (SSSR count). The van der Waals surface area contributed by atoms with E-state index in [4.69, 9.17) is 10.8 Å². The molecule has 1 aromatic carbocycles. The average molecular weight is 276 g/mol. The van der Waals surface area contributed by atoms with E-state index in [9.17, 15) is 14.4 Å². The molecule has 1 atom stereocenters. The first-order valence-corrected chi connectivity index (χ1v) is 5.95. The Morgan fingerprint density at radius 1 is 1.30 bits per heavy atom. The summed E-state index contributed by atoms with van der Waals surface area (Å²) in [7, 11) is 0. The van der Waals surface area contributed by atoms with Crippen molar-refractivity contribution in [2.24, 2.45) is 5.73 Å². The first-order valence-electron chi connectivity index (χ1n) is 5.95. The molecule has 2 amide bonds. The number of carbonyl (C=O) groups excluding carboxylic acids is 2. The van der Waals surface area contributed by atoms with E-state index in [1.165, 1.54) is 6.08 Å². The zero-order valence-corrected chi connectivity index (χ0v) is 11.0. The van der Waals surface area contributed by atoms with Gasteiger partial charge < -0.3 is 16.2 Å². The van der Waals surface area contributed by atoms with Gasteiger partial charge >= 0.3 is 5.97 Å². The normalized spacial score (nSPS) is 12.1. The fraction of sp³-hybridized carbons (Fsp3) is 0.214. The monoisotopic (exact) mass is 276 g/mol. The first-order chi connectivity index (χ1) is 9.38. The van der Waals surface area contributed by atoms with Crippen molar-refractivity contribution in [2.75, 3.05) is 0 Å². The van der Waals surface area contributed by atoms with Crippen LogP contribution in [0.5, 0.6) is 0 Å². The topological polar surface area (TPSA) is 109 Å².